The first-order chi connectivity index (χ1) is 7.69. The lowest BCUT2D eigenvalue weighted by Crippen LogP contribution is -2.16. The molecule has 1 saturated carbocycles. The van der Waals surface area contributed by atoms with Gasteiger partial charge in [0.25, 0.3) is 0 Å². The van der Waals surface area contributed by atoms with Crippen molar-refractivity contribution in [3.05, 3.63) is 17.8 Å². The smallest absolute Gasteiger partial charge is 0.144 e. The number of nitrogens with two attached hydrogens (primary N) is 1. The van der Waals surface area contributed by atoms with Gasteiger partial charge in [-0.25, -0.2) is 4.98 Å². The van der Waals surface area contributed by atoms with Gasteiger partial charge in [-0.2, -0.15) is 5.26 Å². The van der Waals surface area contributed by atoms with Crippen LogP contribution in [-0.2, 0) is 0 Å². The van der Waals surface area contributed by atoms with Gasteiger partial charge in [0.2, 0.25) is 0 Å². The monoisotopic (exact) mass is 216 g/mol. The molecule has 84 valence electrons. The fourth-order valence-corrected chi connectivity index (χ4v) is 1.81. The van der Waals surface area contributed by atoms with Crippen molar-refractivity contribution in [1.82, 2.24) is 4.98 Å². The van der Waals surface area contributed by atoms with E-state index >= 15 is 0 Å². The second kappa shape index (κ2) is 4.01. The quantitative estimate of drug-likeness (QED) is 0.808. The van der Waals surface area contributed by atoms with Crippen LogP contribution in [0.2, 0.25) is 0 Å². The molecule has 0 unspecified atom stereocenters. The number of nitrogens with zero attached hydrogens (tertiary/aromatic N) is 2. The highest BCUT2D eigenvalue weighted by molar-refractivity contribution is 5.57. The minimum Gasteiger partial charge on any atom is -0.397 e. The number of anilines is 2. The summed E-state index contributed by atoms with van der Waals surface area (Å²) < 4.78 is 0. The number of nitriles is 1. The van der Waals surface area contributed by atoms with E-state index in [1.165, 1.54) is 19.3 Å². The number of hydrogen-bond acceptors (Lipinski definition) is 4. The van der Waals surface area contributed by atoms with E-state index in [9.17, 15) is 0 Å². The molecule has 3 N–H and O–H groups in total. The molecule has 16 heavy (non-hydrogen) atoms. The Morgan fingerprint density at radius 2 is 2.38 bits per heavy atom. The summed E-state index contributed by atoms with van der Waals surface area (Å²) in [4.78, 5) is 4.16. The van der Waals surface area contributed by atoms with Crippen molar-refractivity contribution >= 4 is 11.5 Å². The Morgan fingerprint density at radius 1 is 1.62 bits per heavy atom. The molecule has 1 heterocycles. The lowest BCUT2D eigenvalue weighted by Gasteiger charge is -2.14. The van der Waals surface area contributed by atoms with Gasteiger partial charge in [0.05, 0.1) is 17.4 Å². The average molecular weight is 216 g/mol. The highest BCUT2D eigenvalue weighted by atomic mass is 15.0. The molecule has 1 aromatic rings. The highest BCUT2D eigenvalue weighted by Gasteiger charge is 2.40. The number of hydrogen-bond donors (Lipinski definition) is 2. The maximum atomic E-state index is 8.96. The van der Waals surface area contributed by atoms with Crippen molar-refractivity contribution in [2.45, 2.75) is 26.2 Å². The first kappa shape index (κ1) is 10.7. The normalized spacial score (nSPS) is 16.5. The van der Waals surface area contributed by atoms with E-state index in [-0.39, 0.29) is 0 Å². The summed E-state index contributed by atoms with van der Waals surface area (Å²) >= 11 is 0. The average Bonchev–Trinajstić information content (AvgIpc) is 3.08. The van der Waals surface area contributed by atoms with Gasteiger partial charge >= 0.3 is 0 Å². The fourth-order valence-electron chi connectivity index (χ4n) is 1.81. The van der Waals surface area contributed by atoms with Crippen molar-refractivity contribution in [3.63, 3.8) is 0 Å². The zero-order chi connectivity index (χ0) is 11.6. The largest absolute Gasteiger partial charge is 0.397 e. The van der Waals surface area contributed by atoms with Gasteiger partial charge in [-0.15, -0.1) is 0 Å². The van der Waals surface area contributed by atoms with E-state index in [1.54, 1.807) is 12.3 Å². The lowest BCUT2D eigenvalue weighted by molar-refractivity contribution is 0.520. The standard InChI is InChI=1S/C12H16N4/c1-2-12(3-4-12)8-16-11-9(6-13)5-10(14)7-15-11/h5,7H,2-4,8,14H2,1H3,(H,15,16). The number of nitrogens with one attached hydrogen (secondary N) is 1. The number of pyridine rings is 1. The van der Waals surface area contributed by atoms with Crippen LogP contribution >= 0.6 is 0 Å². The first-order valence-electron chi connectivity index (χ1n) is 5.58. The lowest BCUT2D eigenvalue weighted by atomic mass is 10.0. The molecule has 4 nitrogen and oxygen atoms in total. The van der Waals surface area contributed by atoms with Crippen molar-refractivity contribution < 1.29 is 0 Å². The SMILES string of the molecule is CCC1(CNc2ncc(N)cc2C#N)CC1. The molecule has 0 aliphatic heterocycles. The molecular weight excluding hydrogens is 200 g/mol. The Balaban J connectivity index is 2.07. The zero-order valence-electron chi connectivity index (χ0n) is 9.45. The summed E-state index contributed by atoms with van der Waals surface area (Å²) in [5.74, 6) is 0.649. The third-order valence-corrected chi connectivity index (χ3v) is 3.37. The molecule has 2 rings (SSSR count). The molecule has 1 aromatic heterocycles. The summed E-state index contributed by atoms with van der Waals surface area (Å²) in [6.07, 6.45) is 5.30. The molecule has 1 aliphatic carbocycles. The maximum absolute atomic E-state index is 8.96. The number of aromatic nitrogens is 1. The van der Waals surface area contributed by atoms with Crippen LogP contribution in [0.3, 0.4) is 0 Å². The molecule has 0 spiro atoms. The van der Waals surface area contributed by atoms with E-state index < -0.39 is 0 Å². The van der Waals surface area contributed by atoms with Crippen molar-refractivity contribution in [2.24, 2.45) is 5.41 Å². The van der Waals surface area contributed by atoms with Crippen molar-refractivity contribution in [3.8, 4) is 6.07 Å². The zero-order valence-corrected chi connectivity index (χ0v) is 9.45. The highest BCUT2D eigenvalue weighted by Crippen LogP contribution is 2.48. The van der Waals surface area contributed by atoms with Crippen LogP contribution in [0.25, 0.3) is 0 Å². The predicted molar refractivity (Wildman–Crippen MR) is 63.8 cm³/mol. The molecule has 0 amide bonds. The van der Waals surface area contributed by atoms with Crippen LogP contribution in [0.4, 0.5) is 11.5 Å². The fraction of sp³-hybridized carbons (Fsp3) is 0.500. The van der Waals surface area contributed by atoms with Gasteiger partial charge in [0.1, 0.15) is 11.9 Å². The molecular formula is C12H16N4. The van der Waals surface area contributed by atoms with Gasteiger partial charge in [-0.3, -0.25) is 0 Å². The Bertz CT molecular complexity index is 429. The molecule has 4 heteroatoms. The van der Waals surface area contributed by atoms with Gasteiger partial charge in [-0.1, -0.05) is 6.92 Å². The van der Waals surface area contributed by atoms with Crippen molar-refractivity contribution in [1.29, 1.82) is 5.26 Å². The number of nitrogen functional groups attached to an aromatic ring is 1. The first-order valence-corrected chi connectivity index (χ1v) is 5.58. The molecule has 0 bridgehead atoms. The summed E-state index contributed by atoms with van der Waals surface area (Å²) in [5, 5.41) is 12.2. The van der Waals surface area contributed by atoms with Gasteiger partial charge in [0.15, 0.2) is 0 Å². The third-order valence-electron chi connectivity index (χ3n) is 3.37. The maximum Gasteiger partial charge on any atom is 0.144 e. The third kappa shape index (κ3) is 2.08. The molecule has 0 atom stereocenters. The second-order valence-corrected chi connectivity index (χ2v) is 4.48. The van der Waals surface area contributed by atoms with Gasteiger partial charge in [0, 0.05) is 6.54 Å². The van der Waals surface area contributed by atoms with Gasteiger partial charge < -0.3 is 11.1 Å². The summed E-state index contributed by atoms with van der Waals surface area (Å²) in [5.41, 5.74) is 7.07. The number of rotatable bonds is 4. The summed E-state index contributed by atoms with van der Waals surface area (Å²) in [6.45, 7) is 3.10. The van der Waals surface area contributed by atoms with E-state index in [0.29, 0.717) is 22.5 Å². The van der Waals surface area contributed by atoms with Crippen LogP contribution in [0.5, 0.6) is 0 Å². The molecule has 0 saturated heterocycles. The van der Waals surface area contributed by atoms with Crippen LogP contribution in [0, 0.1) is 16.7 Å². The molecule has 0 aromatic carbocycles. The summed E-state index contributed by atoms with van der Waals surface area (Å²) in [6, 6.07) is 3.76. The molecule has 1 fully saturated rings. The Kier molecular flexibility index (Phi) is 2.69. The molecule has 0 radical (unpaired) electrons. The van der Waals surface area contributed by atoms with Crippen LogP contribution in [0.1, 0.15) is 31.7 Å². The van der Waals surface area contributed by atoms with Crippen molar-refractivity contribution in [2.75, 3.05) is 17.6 Å². The van der Waals surface area contributed by atoms with E-state index in [4.69, 9.17) is 11.0 Å². The minimum atomic E-state index is 0.440. The van der Waals surface area contributed by atoms with Crippen LogP contribution in [0.15, 0.2) is 12.3 Å². The minimum absolute atomic E-state index is 0.440. The Labute approximate surface area is 95.5 Å². The van der Waals surface area contributed by atoms with E-state index in [1.807, 2.05) is 0 Å². The molecule has 1 aliphatic rings. The Morgan fingerprint density at radius 3 is 2.94 bits per heavy atom. The van der Waals surface area contributed by atoms with Crippen LogP contribution in [-0.4, -0.2) is 11.5 Å². The van der Waals surface area contributed by atoms with Crippen LogP contribution < -0.4 is 11.1 Å². The van der Waals surface area contributed by atoms with Gasteiger partial charge in [-0.05, 0) is 30.7 Å². The summed E-state index contributed by atoms with van der Waals surface area (Å²) in [7, 11) is 0. The van der Waals surface area contributed by atoms with E-state index in [2.05, 4.69) is 23.3 Å². The van der Waals surface area contributed by atoms with E-state index in [0.717, 1.165) is 6.54 Å². The second-order valence-electron chi connectivity index (χ2n) is 4.48. The topological polar surface area (TPSA) is 74.7 Å². The Hall–Kier alpha value is -1.76. The predicted octanol–water partition coefficient (Wildman–Crippen LogP) is 2.14.